The molecule has 0 unspecified atom stereocenters. The van der Waals surface area contributed by atoms with E-state index in [1.807, 2.05) is 19.1 Å². The lowest BCUT2D eigenvalue weighted by Crippen LogP contribution is -1.45. The van der Waals surface area contributed by atoms with Crippen LogP contribution in [0.5, 0.6) is 0 Å². The first-order valence-corrected chi connectivity index (χ1v) is 2.46. The minimum atomic E-state index is 0.500. The van der Waals surface area contributed by atoms with Crippen molar-refractivity contribution in [3.05, 3.63) is 36.7 Å². The van der Waals surface area contributed by atoms with E-state index in [-0.39, 0.29) is 0 Å². The van der Waals surface area contributed by atoms with Crippen LogP contribution in [-0.4, -0.2) is 0 Å². The second kappa shape index (κ2) is 6.15. The van der Waals surface area contributed by atoms with E-state index < -0.39 is 0 Å². The quantitative estimate of drug-likeness (QED) is 0.481. The van der Waals surface area contributed by atoms with Crippen LogP contribution in [0.4, 0.5) is 4.39 Å². The second-order valence-corrected chi connectivity index (χ2v) is 1.23. The zero-order valence-corrected chi connectivity index (χ0v) is 4.84. The number of hydrogen-bond acceptors (Lipinski definition) is 0. The maximum Gasteiger partial charge on any atom is 0.0866 e. The Hall–Kier alpha value is -0.850. The molecule has 0 rings (SSSR count). The van der Waals surface area contributed by atoms with E-state index in [2.05, 4.69) is 0 Å². The van der Waals surface area contributed by atoms with E-state index >= 15 is 0 Å². The molecule has 0 amide bonds. The summed E-state index contributed by atoms with van der Waals surface area (Å²) in [6.45, 7) is 1.91. The van der Waals surface area contributed by atoms with Gasteiger partial charge in [0, 0.05) is 0 Å². The molecule has 0 aromatic heterocycles. The molecule has 0 aromatic rings. The Morgan fingerprint density at radius 2 is 1.62 bits per heavy atom. The molecule has 0 spiro atoms. The van der Waals surface area contributed by atoms with Gasteiger partial charge in [0.1, 0.15) is 0 Å². The first kappa shape index (κ1) is 7.15. The average molecular weight is 112 g/mol. The molecule has 0 saturated heterocycles. The molecule has 8 heavy (non-hydrogen) atoms. The molecule has 0 aromatic carbocycles. The van der Waals surface area contributed by atoms with Crippen LogP contribution in [0.3, 0.4) is 0 Å². The summed E-state index contributed by atoms with van der Waals surface area (Å²) in [7, 11) is 0. The Bertz CT molecular complexity index is 95.6. The molecule has 0 aliphatic carbocycles. The highest BCUT2D eigenvalue weighted by molar-refractivity contribution is 5.08. The van der Waals surface area contributed by atoms with Crippen molar-refractivity contribution in [3.8, 4) is 0 Å². The van der Waals surface area contributed by atoms with Crippen molar-refractivity contribution in [1.29, 1.82) is 0 Å². The molecule has 0 bridgehead atoms. The van der Waals surface area contributed by atoms with E-state index in [9.17, 15) is 4.39 Å². The Morgan fingerprint density at radius 3 is 2.12 bits per heavy atom. The second-order valence-electron chi connectivity index (χ2n) is 1.23. The van der Waals surface area contributed by atoms with Gasteiger partial charge in [-0.25, -0.2) is 4.39 Å². The molecule has 0 radical (unpaired) electrons. The summed E-state index contributed by atoms with van der Waals surface area (Å²) in [6, 6.07) is 0. The first-order chi connectivity index (χ1) is 3.91. The normalized spacial score (nSPS) is 12.8. The van der Waals surface area contributed by atoms with Crippen molar-refractivity contribution >= 4 is 0 Å². The standard InChI is InChI=1S/C7H9F/c1-2-3-4-5-6-7-8/h2-7H,1H3/b3-2-,5-4-,7-6-. The van der Waals surface area contributed by atoms with Gasteiger partial charge in [-0.2, -0.15) is 0 Å². The monoisotopic (exact) mass is 112 g/mol. The molecule has 0 fully saturated rings. The van der Waals surface area contributed by atoms with Gasteiger partial charge in [-0.1, -0.05) is 24.3 Å². The Kier molecular flexibility index (Phi) is 5.50. The van der Waals surface area contributed by atoms with Crippen LogP contribution in [0.2, 0.25) is 0 Å². The van der Waals surface area contributed by atoms with E-state index in [1.54, 1.807) is 12.2 Å². The first-order valence-electron chi connectivity index (χ1n) is 2.46. The Labute approximate surface area is 49.0 Å². The predicted octanol–water partition coefficient (Wildman–Crippen LogP) is 2.60. The van der Waals surface area contributed by atoms with Gasteiger partial charge in [0.15, 0.2) is 0 Å². The third-order valence-corrected chi connectivity index (χ3v) is 0.599. The number of allylic oxidation sites excluding steroid dienone is 5. The van der Waals surface area contributed by atoms with Crippen molar-refractivity contribution in [2.75, 3.05) is 0 Å². The molecular weight excluding hydrogens is 103 g/mol. The van der Waals surface area contributed by atoms with Gasteiger partial charge in [-0.15, -0.1) is 0 Å². The van der Waals surface area contributed by atoms with Crippen molar-refractivity contribution < 1.29 is 4.39 Å². The maximum absolute atomic E-state index is 11.2. The SMILES string of the molecule is C\C=C/C=C\C=C/F. The van der Waals surface area contributed by atoms with Gasteiger partial charge < -0.3 is 0 Å². The summed E-state index contributed by atoms with van der Waals surface area (Å²) in [4.78, 5) is 0. The fourth-order valence-corrected chi connectivity index (χ4v) is 0.281. The lowest BCUT2D eigenvalue weighted by molar-refractivity contribution is 0.721. The van der Waals surface area contributed by atoms with Crippen molar-refractivity contribution in [3.63, 3.8) is 0 Å². The van der Waals surface area contributed by atoms with Crippen LogP contribution < -0.4 is 0 Å². The summed E-state index contributed by atoms with van der Waals surface area (Å²) in [5.41, 5.74) is 0. The van der Waals surface area contributed by atoms with Crippen LogP contribution in [0.1, 0.15) is 6.92 Å². The van der Waals surface area contributed by atoms with Crippen LogP contribution in [-0.2, 0) is 0 Å². The lowest BCUT2D eigenvalue weighted by Gasteiger charge is -1.66. The highest BCUT2D eigenvalue weighted by Crippen LogP contribution is 1.78. The van der Waals surface area contributed by atoms with Crippen molar-refractivity contribution in [1.82, 2.24) is 0 Å². The third-order valence-electron chi connectivity index (χ3n) is 0.599. The number of rotatable bonds is 2. The van der Waals surface area contributed by atoms with Crippen molar-refractivity contribution in [2.24, 2.45) is 0 Å². The summed E-state index contributed by atoms with van der Waals surface area (Å²) in [5.74, 6) is 0. The molecule has 0 heterocycles. The number of halogens is 1. The highest BCUT2D eigenvalue weighted by atomic mass is 19.1. The third kappa shape index (κ3) is 5.15. The maximum atomic E-state index is 11.2. The molecule has 1 heteroatoms. The Morgan fingerprint density at radius 1 is 1.00 bits per heavy atom. The molecule has 44 valence electrons. The molecular formula is C7H9F. The van der Waals surface area contributed by atoms with E-state index in [4.69, 9.17) is 0 Å². The van der Waals surface area contributed by atoms with E-state index in [0.29, 0.717) is 6.33 Å². The summed E-state index contributed by atoms with van der Waals surface area (Å²) < 4.78 is 11.2. The van der Waals surface area contributed by atoms with Gasteiger partial charge >= 0.3 is 0 Å². The highest BCUT2D eigenvalue weighted by Gasteiger charge is 1.57. The van der Waals surface area contributed by atoms with Gasteiger partial charge in [-0.05, 0) is 13.0 Å². The van der Waals surface area contributed by atoms with Crippen LogP contribution >= 0.6 is 0 Å². The van der Waals surface area contributed by atoms with E-state index in [0.717, 1.165) is 0 Å². The summed E-state index contributed by atoms with van der Waals surface area (Å²) in [5, 5.41) is 0. The van der Waals surface area contributed by atoms with Gasteiger partial charge in [0.05, 0.1) is 6.33 Å². The summed E-state index contributed by atoms with van der Waals surface area (Å²) >= 11 is 0. The van der Waals surface area contributed by atoms with Gasteiger partial charge in [0.2, 0.25) is 0 Å². The molecule has 0 nitrogen and oxygen atoms in total. The van der Waals surface area contributed by atoms with E-state index in [1.165, 1.54) is 6.08 Å². The molecule has 0 aliphatic heterocycles. The summed E-state index contributed by atoms with van der Waals surface area (Å²) in [6.07, 6.45) is 8.93. The topological polar surface area (TPSA) is 0 Å². The Balaban J connectivity index is 3.35. The van der Waals surface area contributed by atoms with Crippen LogP contribution in [0.15, 0.2) is 36.7 Å². The van der Waals surface area contributed by atoms with Crippen LogP contribution in [0.25, 0.3) is 0 Å². The molecule has 0 aliphatic rings. The lowest BCUT2D eigenvalue weighted by atomic mass is 10.4. The minimum Gasteiger partial charge on any atom is -0.216 e. The number of hydrogen-bond donors (Lipinski definition) is 0. The molecule has 0 atom stereocenters. The van der Waals surface area contributed by atoms with Crippen LogP contribution in [0, 0.1) is 0 Å². The van der Waals surface area contributed by atoms with Crippen molar-refractivity contribution in [2.45, 2.75) is 6.92 Å². The zero-order valence-electron chi connectivity index (χ0n) is 4.84. The largest absolute Gasteiger partial charge is 0.216 e. The van der Waals surface area contributed by atoms with Gasteiger partial charge in [-0.3, -0.25) is 0 Å². The minimum absolute atomic E-state index is 0.500. The predicted molar refractivity (Wildman–Crippen MR) is 34.2 cm³/mol. The fraction of sp³-hybridized carbons (Fsp3) is 0.143. The molecule has 0 N–H and O–H groups in total. The smallest absolute Gasteiger partial charge is 0.0866 e. The fourth-order valence-electron chi connectivity index (χ4n) is 0.281. The zero-order chi connectivity index (χ0) is 6.24. The molecule has 0 saturated carbocycles. The average Bonchev–Trinajstić information content (AvgIpc) is 1.81. The van der Waals surface area contributed by atoms with Gasteiger partial charge in [0.25, 0.3) is 0 Å².